The number of hydrogen-bond acceptors (Lipinski definition) is 6. The lowest BCUT2D eigenvalue weighted by Gasteiger charge is -2.32. The van der Waals surface area contributed by atoms with Crippen molar-refractivity contribution < 1.29 is 9.59 Å². The minimum Gasteiger partial charge on any atom is -0.345 e. The SMILES string of the molecule is CC1C=C2N(C)C(=O)C3(CCN2N1C)CC3NC(=O)c1ncn[nH]1. The van der Waals surface area contributed by atoms with Crippen LogP contribution < -0.4 is 5.32 Å². The van der Waals surface area contributed by atoms with Crippen LogP contribution in [0.15, 0.2) is 18.2 Å². The molecule has 9 heteroatoms. The van der Waals surface area contributed by atoms with Gasteiger partial charge in [0.15, 0.2) is 0 Å². The number of H-pyrrole nitrogens is 1. The van der Waals surface area contributed by atoms with Gasteiger partial charge in [-0.3, -0.25) is 19.7 Å². The van der Waals surface area contributed by atoms with Gasteiger partial charge in [0.2, 0.25) is 11.7 Å². The first-order valence-electron chi connectivity index (χ1n) is 8.10. The second-order valence-electron chi connectivity index (χ2n) is 6.80. The van der Waals surface area contributed by atoms with Gasteiger partial charge in [0.25, 0.3) is 5.91 Å². The third kappa shape index (κ3) is 2.04. The average Bonchev–Trinajstić information content (AvgIpc) is 2.94. The maximum atomic E-state index is 13.0. The van der Waals surface area contributed by atoms with E-state index in [1.165, 1.54) is 6.33 Å². The molecular weight excluding hydrogens is 310 g/mol. The summed E-state index contributed by atoms with van der Waals surface area (Å²) in [6, 6.07) is 0.110. The van der Waals surface area contributed by atoms with Crippen molar-refractivity contribution in [1.82, 2.24) is 35.4 Å². The molecule has 24 heavy (non-hydrogen) atoms. The van der Waals surface area contributed by atoms with Gasteiger partial charge in [0, 0.05) is 32.7 Å². The zero-order chi connectivity index (χ0) is 17.1. The Morgan fingerprint density at radius 1 is 1.46 bits per heavy atom. The van der Waals surface area contributed by atoms with Crippen LogP contribution in [0.3, 0.4) is 0 Å². The summed E-state index contributed by atoms with van der Waals surface area (Å²) < 4.78 is 0. The Bertz CT molecular complexity index is 715. The van der Waals surface area contributed by atoms with E-state index in [0.29, 0.717) is 12.8 Å². The Labute approximate surface area is 139 Å². The van der Waals surface area contributed by atoms with Gasteiger partial charge >= 0.3 is 0 Å². The van der Waals surface area contributed by atoms with Crippen molar-refractivity contribution in [3.8, 4) is 0 Å². The molecule has 2 aliphatic heterocycles. The third-order valence-corrected chi connectivity index (χ3v) is 5.48. The number of hydrazine groups is 1. The van der Waals surface area contributed by atoms with Crippen LogP contribution in [0.25, 0.3) is 0 Å². The zero-order valence-corrected chi connectivity index (χ0v) is 14.0. The van der Waals surface area contributed by atoms with E-state index in [9.17, 15) is 9.59 Å². The fourth-order valence-electron chi connectivity index (χ4n) is 3.75. The molecule has 3 unspecified atom stereocenters. The highest BCUT2D eigenvalue weighted by Gasteiger charge is 2.63. The average molecular weight is 331 g/mol. The van der Waals surface area contributed by atoms with Crippen LogP contribution in [0, 0.1) is 5.41 Å². The molecule has 128 valence electrons. The summed E-state index contributed by atoms with van der Waals surface area (Å²) >= 11 is 0. The molecule has 4 rings (SSSR count). The molecule has 0 bridgehead atoms. The fraction of sp³-hybridized carbons (Fsp3) is 0.600. The topological polar surface area (TPSA) is 97.5 Å². The molecular formula is C15H21N7O2. The van der Waals surface area contributed by atoms with Crippen LogP contribution in [0.1, 0.15) is 30.4 Å². The van der Waals surface area contributed by atoms with E-state index in [0.717, 1.165) is 12.4 Å². The number of carbonyl (C=O) groups is 2. The summed E-state index contributed by atoms with van der Waals surface area (Å²) in [5.41, 5.74) is -0.514. The van der Waals surface area contributed by atoms with Crippen LogP contribution in [0.5, 0.6) is 0 Å². The number of amides is 2. The standard InChI is InChI=1S/C15H21N7O2/c1-9-6-11-20(2)14(24)15(4-5-22(11)21(9)3)7-10(15)18-13(23)12-16-8-17-19-12/h6,8-10H,4-5,7H2,1-3H3,(H,18,23)(H,16,17,19). The van der Waals surface area contributed by atoms with Crippen LogP contribution in [0.2, 0.25) is 0 Å². The van der Waals surface area contributed by atoms with Crippen LogP contribution >= 0.6 is 0 Å². The van der Waals surface area contributed by atoms with E-state index in [1.54, 1.807) is 4.90 Å². The lowest BCUT2D eigenvalue weighted by atomic mass is 10.00. The number of hydrogen-bond donors (Lipinski definition) is 2. The molecule has 1 aromatic rings. The maximum Gasteiger partial charge on any atom is 0.288 e. The summed E-state index contributed by atoms with van der Waals surface area (Å²) in [6.45, 7) is 2.87. The van der Waals surface area contributed by atoms with Gasteiger partial charge in [-0.25, -0.2) is 9.99 Å². The van der Waals surface area contributed by atoms with E-state index < -0.39 is 5.41 Å². The third-order valence-electron chi connectivity index (χ3n) is 5.48. The van der Waals surface area contributed by atoms with Crippen molar-refractivity contribution in [2.45, 2.75) is 31.8 Å². The van der Waals surface area contributed by atoms with E-state index in [-0.39, 0.29) is 29.7 Å². The highest BCUT2D eigenvalue weighted by molar-refractivity contribution is 5.94. The Kier molecular flexibility index (Phi) is 3.17. The lowest BCUT2D eigenvalue weighted by Crippen LogP contribution is -2.41. The maximum absolute atomic E-state index is 13.0. The predicted molar refractivity (Wildman–Crippen MR) is 84.1 cm³/mol. The second-order valence-corrected chi connectivity index (χ2v) is 6.80. The minimum absolute atomic E-state index is 0.0709. The van der Waals surface area contributed by atoms with Gasteiger partial charge in [0.1, 0.15) is 12.1 Å². The van der Waals surface area contributed by atoms with Crippen molar-refractivity contribution in [2.24, 2.45) is 5.41 Å². The van der Waals surface area contributed by atoms with E-state index in [1.807, 2.05) is 14.1 Å². The molecule has 2 amide bonds. The van der Waals surface area contributed by atoms with Crippen LogP contribution in [-0.2, 0) is 4.79 Å². The molecule has 1 spiro atoms. The molecule has 1 saturated heterocycles. The number of rotatable bonds is 2. The summed E-state index contributed by atoms with van der Waals surface area (Å²) in [5.74, 6) is 0.851. The van der Waals surface area contributed by atoms with Gasteiger partial charge in [-0.1, -0.05) is 0 Å². The Morgan fingerprint density at radius 3 is 2.96 bits per heavy atom. The number of likely N-dealkylation sites (N-methyl/N-ethyl adjacent to an activating group) is 1. The summed E-state index contributed by atoms with van der Waals surface area (Å²) in [5, 5.41) is 13.4. The molecule has 3 atom stereocenters. The number of nitrogens with zero attached hydrogens (tertiary/aromatic N) is 5. The first-order chi connectivity index (χ1) is 11.4. The van der Waals surface area contributed by atoms with E-state index in [2.05, 4.69) is 43.5 Å². The smallest absolute Gasteiger partial charge is 0.288 e. The number of carbonyl (C=O) groups excluding carboxylic acids is 2. The molecule has 1 aromatic heterocycles. The Balaban J connectivity index is 1.52. The largest absolute Gasteiger partial charge is 0.345 e. The van der Waals surface area contributed by atoms with Gasteiger partial charge < -0.3 is 10.2 Å². The molecule has 0 aromatic carbocycles. The number of nitrogens with one attached hydrogen (secondary N) is 2. The monoisotopic (exact) mass is 331 g/mol. The lowest BCUT2D eigenvalue weighted by molar-refractivity contribution is -0.134. The van der Waals surface area contributed by atoms with Gasteiger partial charge in [0.05, 0.1) is 5.41 Å². The van der Waals surface area contributed by atoms with Crippen molar-refractivity contribution in [3.63, 3.8) is 0 Å². The first kappa shape index (κ1) is 15.1. The van der Waals surface area contributed by atoms with Crippen LogP contribution in [-0.4, -0.2) is 74.6 Å². The Morgan fingerprint density at radius 2 is 2.25 bits per heavy atom. The van der Waals surface area contributed by atoms with Gasteiger partial charge in [-0.2, -0.15) is 5.10 Å². The molecule has 3 aliphatic rings. The van der Waals surface area contributed by atoms with Crippen molar-refractivity contribution in [2.75, 3.05) is 20.6 Å². The normalized spacial score (nSPS) is 32.6. The van der Waals surface area contributed by atoms with E-state index >= 15 is 0 Å². The van der Waals surface area contributed by atoms with Gasteiger partial charge in [-0.05, 0) is 25.8 Å². The van der Waals surface area contributed by atoms with Gasteiger partial charge in [-0.15, -0.1) is 0 Å². The number of aromatic nitrogens is 3. The first-order valence-corrected chi connectivity index (χ1v) is 8.10. The number of fused-ring (bicyclic) bond motifs is 1. The molecule has 3 heterocycles. The van der Waals surface area contributed by atoms with Crippen LogP contribution in [0.4, 0.5) is 0 Å². The number of aromatic amines is 1. The quantitative estimate of drug-likeness (QED) is 0.762. The summed E-state index contributed by atoms with van der Waals surface area (Å²) in [6.07, 6.45) is 4.77. The van der Waals surface area contributed by atoms with Crippen molar-refractivity contribution >= 4 is 11.8 Å². The molecule has 1 saturated carbocycles. The summed E-state index contributed by atoms with van der Waals surface area (Å²) in [7, 11) is 3.84. The van der Waals surface area contributed by atoms with E-state index in [4.69, 9.17) is 0 Å². The highest BCUT2D eigenvalue weighted by Crippen LogP contribution is 2.53. The predicted octanol–water partition coefficient (Wildman–Crippen LogP) is -0.452. The highest BCUT2D eigenvalue weighted by atomic mass is 16.2. The summed E-state index contributed by atoms with van der Waals surface area (Å²) in [4.78, 5) is 30.7. The fourth-order valence-corrected chi connectivity index (χ4v) is 3.75. The minimum atomic E-state index is -0.514. The molecule has 1 aliphatic carbocycles. The molecule has 9 nitrogen and oxygen atoms in total. The molecule has 2 fully saturated rings. The second kappa shape index (κ2) is 5.04. The van der Waals surface area contributed by atoms with Crippen molar-refractivity contribution in [1.29, 1.82) is 0 Å². The molecule has 0 radical (unpaired) electrons. The van der Waals surface area contributed by atoms with Crippen molar-refractivity contribution in [3.05, 3.63) is 24.0 Å². The zero-order valence-electron chi connectivity index (χ0n) is 14.0. The molecule has 2 N–H and O–H groups in total. The Hall–Kier alpha value is -2.42.